The Hall–Kier alpha value is -1.61. The maximum absolute atomic E-state index is 11.5. The summed E-state index contributed by atoms with van der Waals surface area (Å²) in [5, 5.41) is -0.297. The lowest BCUT2D eigenvalue weighted by Crippen LogP contribution is -2.20. The lowest BCUT2D eigenvalue weighted by Gasteiger charge is -2.13. The summed E-state index contributed by atoms with van der Waals surface area (Å²) in [6.45, 7) is 0. The Bertz CT molecular complexity index is 434. The van der Waals surface area contributed by atoms with Gasteiger partial charge in [-0.05, 0) is 0 Å². The molecule has 2 rings (SSSR count). The largest absolute Gasteiger partial charge is 0.295 e. The molecule has 69 valence electrons. The second-order valence-electron chi connectivity index (χ2n) is 2.89. The number of carbonyl (C=O) groups is 2. The fraction of sp³-hybridized carbons (Fsp3) is 0. The van der Waals surface area contributed by atoms with E-state index in [0.717, 1.165) is 0 Å². The Kier molecular flexibility index (Phi) is 1.89. The van der Waals surface area contributed by atoms with Crippen LogP contribution in [-0.2, 0) is 0 Å². The van der Waals surface area contributed by atoms with Crippen LogP contribution in [0.1, 0.15) is 20.7 Å². The maximum Gasteiger partial charge on any atom is 0.213 e. The van der Waals surface area contributed by atoms with Gasteiger partial charge in [0, 0.05) is 11.1 Å². The minimum Gasteiger partial charge on any atom is -0.295 e. The lowest BCUT2D eigenvalue weighted by atomic mass is 9.93. The predicted molar refractivity (Wildman–Crippen MR) is 51.1 cm³/mol. The molecule has 0 unspecified atom stereocenters. The van der Waals surface area contributed by atoms with Crippen LogP contribution in [0.25, 0.3) is 0 Å². The molecule has 0 spiro atoms. The highest BCUT2D eigenvalue weighted by molar-refractivity contribution is 6.49. The van der Waals surface area contributed by atoms with E-state index in [0.29, 0.717) is 0 Å². The standard InChI is InChI=1S/C10H5ClNO2/c11-7-8(12)10(14)6-4-2-1-3-5(6)9(7)13/h1-4,12H. The number of allylic oxidation sites excluding steroid dienone is 2. The molecule has 1 aliphatic carbocycles. The molecule has 4 heteroatoms. The van der Waals surface area contributed by atoms with Crippen LogP contribution in [0.5, 0.6) is 0 Å². The molecule has 3 nitrogen and oxygen atoms in total. The van der Waals surface area contributed by atoms with Crippen LogP contribution >= 0.6 is 11.6 Å². The van der Waals surface area contributed by atoms with Gasteiger partial charge in [-0.3, -0.25) is 15.3 Å². The van der Waals surface area contributed by atoms with Gasteiger partial charge in [-0.25, -0.2) is 0 Å². The van der Waals surface area contributed by atoms with Crippen LogP contribution in [0.4, 0.5) is 0 Å². The normalized spacial score (nSPS) is 15.8. The Morgan fingerprint density at radius 1 is 1.00 bits per heavy atom. The van der Waals surface area contributed by atoms with E-state index in [1.165, 1.54) is 12.1 Å². The van der Waals surface area contributed by atoms with Crippen molar-refractivity contribution in [1.29, 1.82) is 0 Å². The van der Waals surface area contributed by atoms with Crippen LogP contribution < -0.4 is 5.73 Å². The first-order chi connectivity index (χ1) is 6.63. The molecule has 1 aromatic carbocycles. The quantitative estimate of drug-likeness (QED) is 0.650. The molecule has 0 fully saturated rings. The van der Waals surface area contributed by atoms with Crippen molar-refractivity contribution in [3.05, 3.63) is 46.1 Å². The minimum absolute atomic E-state index is 0.256. The fourth-order valence-electron chi connectivity index (χ4n) is 1.35. The van der Waals surface area contributed by atoms with Gasteiger partial charge in [0.05, 0.1) is 0 Å². The Morgan fingerprint density at radius 3 is 2.07 bits per heavy atom. The number of hydrogen-bond acceptors (Lipinski definition) is 2. The van der Waals surface area contributed by atoms with E-state index in [1.54, 1.807) is 12.1 Å². The van der Waals surface area contributed by atoms with Crippen molar-refractivity contribution >= 4 is 23.2 Å². The van der Waals surface area contributed by atoms with Gasteiger partial charge in [0.15, 0.2) is 0 Å². The van der Waals surface area contributed by atoms with Gasteiger partial charge in [0.1, 0.15) is 10.7 Å². The Balaban J connectivity index is 2.73. The number of rotatable bonds is 0. The van der Waals surface area contributed by atoms with E-state index in [-0.39, 0.29) is 16.2 Å². The summed E-state index contributed by atoms with van der Waals surface area (Å²) >= 11 is 5.56. The zero-order chi connectivity index (χ0) is 10.3. The van der Waals surface area contributed by atoms with Gasteiger partial charge in [0.25, 0.3) is 0 Å². The molecular formula is C10H5ClNO2. The van der Waals surface area contributed by atoms with Gasteiger partial charge in [-0.2, -0.15) is 0 Å². The minimum atomic E-state index is -0.495. The highest BCUT2D eigenvalue weighted by Crippen LogP contribution is 2.26. The van der Waals surface area contributed by atoms with Crippen molar-refractivity contribution < 1.29 is 9.59 Å². The second-order valence-corrected chi connectivity index (χ2v) is 3.27. The molecular weight excluding hydrogens is 202 g/mol. The van der Waals surface area contributed by atoms with Crippen LogP contribution in [0.15, 0.2) is 35.0 Å². The molecule has 0 aliphatic heterocycles. The number of hydrogen-bond donors (Lipinski definition) is 0. The molecule has 0 saturated heterocycles. The van der Waals surface area contributed by atoms with Gasteiger partial charge < -0.3 is 0 Å². The first kappa shape index (κ1) is 8.97. The molecule has 0 saturated carbocycles. The molecule has 0 aromatic heterocycles. The average Bonchev–Trinajstić information content (AvgIpc) is 2.23. The first-order valence-corrected chi connectivity index (χ1v) is 4.30. The van der Waals surface area contributed by atoms with Crippen LogP contribution in [-0.4, -0.2) is 11.6 Å². The summed E-state index contributed by atoms with van der Waals surface area (Å²) in [5.41, 5.74) is 7.43. The highest BCUT2D eigenvalue weighted by atomic mass is 35.5. The number of benzene rings is 1. The molecule has 1 aromatic rings. The van der Waals surface area contributed by atoms with Gasteiger partial charge in [0.2, 0.25) is 11.6 Å². The molecule has 1 radical (unpaired) electrons. The van der Waals surface area contributed by atoms with Crippen molar-refractivity contribution in [2.75, 3.05) is 0 Å². The van der Waals surface area contributed by atoms with Crippen LogP contribution in [0.3, 0.4) is 0 Å². The highest BCUT2D eigenvalue weighted by Gasteiger charge is 2.29. The van der Waals surface area contributed by atoms with Crippen LogP contribution in [0, 0.1) is 0 Å². The molecule has 0 amide bonds. The summed E-state index contributed by atoms with van der Waals surface area (Å²) < 4.78 is 0. The third-order valence-corrected chi connectivity index (χ3v) is 2.42. The number of ketones is 2. The van der Waals surface area contributed by atoms with Gasteiger partial charge in [-0.15, -0.1) is 0 Å². The average molecular weight is 207 g/mol. The van der Waals surface area contributed by atoms with E-state index in [9.17, 15) is 9.59 Å². The molecule has 0 bridgehead atoms. The summed E-state index contributed by atoms with van der Waals surface area (Å²) in [4.78, 5) is 23.0. The van der Waals surface area contributed by atoms with E-state index in [2.05, 4.69) is 0 Å². The number of nitrogens with one attached hydrogen (secondary N) is 1. The van der Waals surface area contributed by atoms with Crippen molar-refractivity contribution in [2.24, 2.45) is 0 Å². The summed E-state index contributed by atoms with van der Waals surface area (Å²) in [5.74, 6) is -0.947. The monoisotopic (exact) mass is 206 g/mol. The fourth-order valence-corrected chi connectivity index (χ4v) is 1.53. The number of halogens is 1. The van der Waals surface area contributed by atoms with Crippen molar-refractivity contribution in [2.45, 2.75) is 0 Å². The predicted octanol–water partition coefficient (Wildman–Crippen LogP) is 1.80. The van der Waals surface area contributed by atoms with Gasteiger partial charge in [-0.1, -0.05) is 35.9 Å². The summed E-state index contributed by atoms with van der Waals surface area (Å²) in [7, 11) is 0. The Labute approximate surface area is 85.2 Å². The number of carbonyl (C=O) groups excluding carboxylic acids is 2. The lowest BCUT2D eigenvalue weighted by molar-refractivity contribution is 0.0979. The van der Waals surface area contributed by atoms with Crippen molar-refractivity contribution in [3.63, 3.8) is 0 Å². The SMILES string of the molecule is [NH]C1=C(Cl)C(=O)c2ccccc2C1=O. The molecule has 14 heavy (non-hydrogen) atoms. The first-order valence-electron chi connectivity index (χ1n) is 3.92. The van der Waals surface area contributed by atoms with E-state index < -0.39 is 17.3 Å². The molecule has 1 N–H and O–H groups in total. The van der Waals surface area contributed by atoms with E-state index >= 15 is 0 Å². The number of fused-ring (bicyclic) bond motifs is 1. The molecule has 1 aliphatic rings. The maximum atomic E-state index is 11.5. The van der Waals surface area contributed by atoms with Gasteiger partial charge >= 0.3 is 0 Å². The van der Waals surface area contributed by atoms with Crippen molar-refractivity contribution in [1.82, 2.24) is 5.73 Å². The topological polar surface area (TPSA) is 57.9 Å². The van der Waals surface area contributed by atoms with Crippen molar-refractivity contribution in [3.8, 4) is 0 Å². The van der Waals surface area contributed by atoms with E-state index in [4.69, 9.17) is 17.3 Å². The number of Topliss-reactive ketones (excluding diaryl/α,β-unsaturated/α-hetero) is 2. The van der Waals surface area contributed by atoms with E-state index in [1.807, 2.05) is 0 Å². The third kappa shape index (κ3) is 1.06. The second kappa shape index (κ2) is 2.96. The summed E-state index contributed by atoms with van der Waals surface area (Å²) in [6.07, 6.45) is 0. The smallest absolute Gasteiger partial charge is 0.213 e. The zero-order valence-corrected chi connectivity index (χ0v) is 7.76. The molecule has 0 atom stereocenters. The summed E-state index contributed by atoms with van der Waals surface area (Å²) in [6, 6.07) is 6.36. The zero-order valence-electron chi connectivity index (χ0n) is 7.00. The van der Waals surface area contributed by atoms with Crippen LogP contribution in [0.2, 0.25) is 0 Å². The third-order valence-electron chi connectivity index (χ3n) is 2.06. The Morgan fingerprint density at radius 2 is 1.50 bits per heavy atom. The molecule has 0 heterocycles.